The lowest BCUT2D eigenvalue weighted by molar-refractivity contribution is 0.0696. The number of hydrogen-bond donors (Lipinski definition) is 1. The Morgan fingerprint density at radius 3 is 2.44 bits per heavy atom. The molecule has 2 heterocycles. The molecule has 0 atom stereocenters. The third-order valence-corrected chi connectivity index (χ3v) is 5.45. The number of methoxy groups -OCH3 is 1. The molecule has 1 aromatic heterocycles. The Morgan fingerprint density at radius 1 is 1.16 bits per heavy atom. The number of benzene rings is 1. The fourth-order valence-corrected chi connectivity index (χ4v) is 3.65. The van der Waals surface area contributed by atoms with E-state index in [1.807, 2.05) is 46.7 Å². The molecular formula is C18H21N3O2S2. The van der Waals surface area contributed by atoms with Gasteiger partial charge in [0.05, 0.1) is 12.0 Å². The highest BCUT2D eigenvalue weighted by molar-refractivity contribution is 7.80. The molecule has 0 spiro atoms. The van der Waals surface area contributed by atoms with Crippen molar-refractivity contribution in [3.63, 3.8) is 0 Å². The van der Waals surface area contributed by atoms with Gasteiger partial charge >= 0.3 is 0 Å². The lowest BCUT2D eigenvalue weighted by Crippen LogP contribution is -2.52. The van der Waals surface area contributed by atoms with Gasteiger partial charge in [0, 0.05) is 32.7 Å². The van der Waals surface area contributed by atoms with Crippen molar-refractivity contribution in [3.05, 3.63) is 52.2 Å². The molecule has 5 nitrogen and oxygen atoms in total. The van der Waals surface area contributed by atoms with Gasteiger partial charge < -0.3 is 19.9 Å². The Kier molecular flexibility index (Phi) is 5.88. The fourth-order valence-electron chi connectivity index (χ4n) is 2.70. The minimum atomic E-state index is 0.117. The van der Waals surface area contributed by atoms with Crippen molar-refractivity contribution in [2.75, 3.05) is 33.3 Å². The molecule has 1 aliphatic heterocycles. The van der Waals surface area contributed by atoms with Crippen LogP contribution in [0.5, 0.6) is 5.75 Å². The van der Waals surface area contributed by atoms with Crippen LogP contribution in [0.4, 0.5) is 0 Å². The average molecular weight is 376 g/mol. The standard InChI is InChI=1S/C18H21N3O2S2/c1-23-15-6-4-14(5-7-15)13-19-18(24)21-10-8-20(9-11-21)17(22)16-3-2-12-25-16/h2-7,12H,8-11,13H2,1H3,(H,19,24). The van der Waals surface area contributed by atoms with Gasteiger partial charge in [-0.2, -0.15) is 0 Å². The van der Waals surface area contributed by atoms with Gasteiger partial charge in [-0.05, 0) is 41.4 Å². The maximum Gasteiger partial charge on any atom is 0.264 e. The van der Waals surface area contributed by atoms with Crippen LogP contribution in [0.1, 0.15) is 15.2 Å². The summed E-state index contributed by atoms with van der Waals surface area (Å²) in [6.45, 7) is 3.58. The van der Waals surface area contributed by atoms with Crippen molar-refractivity contribution in [2.24, 2.45) is 0 Å². The van der Waals surface area contributed by atoms with Gasteiger partial charge in [0.15, 0.2) is 5.11 Å². The van der Waals surface area contributed by atoms with Crippen LogP contribution in [-0.4, -0.2) is 54.1 Å². The Labute approximate surface area is 157 Å². The predicted molar refractivity (Wildman–Crippen MR) is 104 cm³/mol. The first kappa shape index (κ1) is 17.7. The number of hydrogen-bond acceptors (Lipinski definition) is 4. The van der Waals surface area contributed by atoms with Crippen LogP contribution in [0.25, 0.3) is 0 Å². The second-order valence-corrected chi connectivity index (χ2v) is 7.10. The van der Waals surface area contributed by atoms with E-state index in [1.54, 1.807) is 7.11 Å². The van der Waals surface area contributed by atoms with Gasteiger partial charge in [-0.1, -0.05) is 18.2 Å². The SMILES string of the molecule is COc1ccc(CNC(=S)N2CCN(C(=O)c3cccs3)CC2)cc1. The normalized spacial score (nSPS) is 14.3. The number of carbonyl (C=O) groups is 1. The van der Waals surface area contributed by atoms with Gasteiger partial charge in [-0.15, -0.1) is 11.3 Å². The van der Waals surface area contributed by atoms with Crippen LogP contribution in [0.2, 0.25) is 0 Å². The lowest BCUT2D eigenvalue weighted by atomic mass is 10.2. The van der Waals surface area contributed by atoms with Crippen LogP contribution in [0, 0.1) is 0 Å². The van der Waals surface area contributed by atoms with Crippen molar-refractivity contribution in [1.82, 2.24) is 15.1 Å². The van der Waals surface area contributed by atoms with Crippen LogP contribution < -0.4 is 10.1 Å². The summed E-state index contributed by atoms with van der Waals surface area (Å²) < 4.78 is 5.16. The number of piperazine rings is 1. The summed E-state index contributed by atoms with van der Waals surface area (Å²) in [5.41, 5.74) is 1.15. The van der Waals surface area contributed by atoms with E-state index in [2.05, 4.69) is 10.2 Å². The second-order valence-electron chi connectivity index (χ2n) is 5.76. The highest BCUT2D eigenvalue weighted by Crippen LogP contribution is 2.14. The summed E-state index contributed by atoms with van der Waals surface area (Å²) >= 11 is 6.98. The summed E-state index contributed by atoms with van der Waals surface area (Å²) in [5, 5.41) is 5.96. The summed E-state index contributed by atoms with van der Waals surface area (Å²) in [4.78, 5) is 17.2. The van der Waals surface area contributed by atoms with Crippen LogP contribution in [0.3, 0.4) is 0 Å². The molecule has 0 radical (unpaired) electrons. The van der Waals surface area contributed by atoms with Gasteiger partial charge in [0.2, 0.25) is 0 Å². The first-order valence-electron chi connectivity index (χ1n) is 8.16. The number of carbonyl (C=O) groups excluding carboxylic acids is 1. The average Bonchev–Trinajstić information content (AvgIpc) is 3.21. The second kappa shape index (κ2) is 8.31. The monoisotopic (exact) mass is 375 g/mol. The minimum absolute atomic E-state index is 0.117. The zero-order valence-corrected chi connectivity index (χ0v) is 15.7. The number of amides is 1. The van der Waals surface area contributed by atoms with Gasteiger partial charge in [-0.3, -0.25) is 4.79 Å². The maximum absolute atomic E-state index is 12.4. The number of ether oxygens (including phenoxy) is 1. The molecule has 1 saturated heterocycles. The number of nitrogens with zero attached hydrogens (tertiary/aromatic N) is 2. The highest BCUT2D eigenvalue weighted by Gasteiger charge is 2.23. The molecular weight excluding hydrogens is 354 g/mol. The zero-order valence-electron chi connectivity index (χ0n) is 14.1. The number of thiocarbonyl (C=S) groups is 1. The van der Waals surface area contributed by atoms with E-state index < -0.39 is 0 Å². The van der Waals surface area contributed by atoms with Crippen molar-refractivity contribution >= 4 is 34.6 Å². The van der Waals surface area contributed by atoms with E-state index >= 15 is 0 Å². The summed E-state index contributed by atoms with van der Waals surface area (Å²) in [6.07, 6.45) is 0. The predicted octanol–water partition coefficient (Wildman–Crippen LogP) is 2.59. The van der Waals surface area contributed by atoms with E-state index in [4.69, 9.17) is 17.0 Å². The molecule has 1 amide bonds. The first-order chi connectivity index (χ1) is 12.2. The largest absolute Gasteiger partial charge is 0.497 e. The van der Waals surface area contributed by atoms with E-state index in [0.717, 1.165) is 34.4 Å². The van der Waals surface area contributed by atoms with E-state index in [1.165, 1.54) is 11.3 Å². The van der Waals surface area contributed by atoms with E-state index in [0.29, 0.717) is 19.6 Å². The minimum Gasteiger partial charge on any atom is -0.497 e. The molecule has 2 aromatic rings. The number of nitrogens with one attached hydrogen (secondary N) is 1. The van der Waals surface area contributed by atoms with Crippen molar-refractivity contribution in [1.29, 1.82) is 0 Å². The molecule has 0 unspecified atom stereocenters. The molecule has 0 bridgehead atoms. The topological polar surface area (TPSA) is 44.8 Å². The molecule has 1 aliphatic rings. The maximum atomic E-state index is 12.4. The fraction of sp³-hybridized carbons (Fsp3) is 0.333. The lowest BCUT2D eigenvalue weighted by Gasteiger charge is -2.36. The van der Waals surface area contributed by atoms with Crippen LogP contribution in [0.15, 0.2) is 41.8 Å². The summed E-state index contributed by atoms with van der Waals surface area (Å²) in [7, 11) is 1.66. The van der Waals surface area contributed by atoms with Crippen LogP contribution >= 0.6 is 23.6 Å². The van der Waals surface area contributed by atoms with Gasteiger partial charge in [0.1, 0.15) is 5.75 Å². The first-order valence-corrected chi connectivity index (χ1v) is 9.44. The van der Waals surface area contributed by atoms with Crippen molar-refractivity contribution in [3.8, 4) is 5.75 Å². The molecule has 1 aromatic carbocycles. The van der Waals surface area contributed by atoms with Crippen LogP contribution in [-0.2, 0) is 6.54 Å². The van der Waals surface area contributed by atoms with Crippen molar-refractivity contribution < 1.29 is 9.53 Å². The molecule has 7 heteroatoms. The third kappa shape index (κ3) is 4.49. The molecule has 0 aliphatic carbocycles. The van der Waals surface area contributed by atoms with Crippen molar-refractivity contribution in [2.45, 2.75) is 6.54 Å². The Hall–Kier alpha value is -2.12. The zero-order chi connectivity index (χ0) is 17.6. The number of thiophene rings is 1. The Morgan fingerprint density at radius 2 is 1.84 bits per heavy atom. The number of rotatable bonds is 4. The Bertz CT molecular complexity index is 708. The van der Waals surface area contributed by atoms with E-state index in [-0.39, 0.29) is 5.91 Å². The molecule has 132 valence electrons. The molecule has 1 fully saturated rings. The molecule has 3 rings (SSSR count). The summed E-state index contributed by atoms with van der Waals surface area (Å²) in [6, 6.07) is 11.7. The molecule has 0 saturated carbocycles. The summed E-state index contributed by atoms with van der Waals surface area (Å²) in [5.74, 6) is 0.963. The Balaban J connectivity index is 1.45. The quantitative estimate of drug-likeness (QED) is 0.833. The molecule has 25 heavy (non-hydrogen) atoms. The van der Waals surface area contributed by atoms with Gasteiger partial charge in [-0.25, -0.2) is 0 Å². The van der Waals surface area contributed by atoms with Gasteiger partial charge in [0.25, 0.3) is 5.91 Å². The van der Waals surface area contributed by atoms with E-state index in [9.17, 15) is 4.79 Å². The molecule has 1 N–H and O–H groups in total. The smallest absolute Gasteiger partial charge is 0.264 e. The third-order valence-electron chi connectivity index (χ3n) is 4.19. The highest BCUT2D eigenvalue weighted by atomic mass is 32.1.